The van der Waals surface area contributed by atoms with Crippen LogP contribution in [0.25, 0.3) is 0 Å². The van der Waals surface area contributed by atoms with Gasteiger partial charge in [0.25, 0.3) is 0 Å². The molecule has 29 heavy (non-hydrogen) atoms. The Labute approximate surface area is 173 Å². The molecule has 4 nitrogen and oxygen atoms in total. The molecule has 2 N–H and O–H groups in total. The van der Waals surface area contributed by atoms with E-state index in [2.05, 4.69) is 17.4 Å². The lowest BCUT2D eigenvalue weighted by Crippen LogP contribution is -2.31. The second-order valence-electron chi connectivity index (χ2n) is 7.09. The number of nitrogens with one attached hydrogen (secondary N) is 1. The van der Waals surface area contributed by atoms with Gasteiger partial charge in [0.1, 0.15) is 0 Å². The van der Waals surface area contributed by atoms with Gasteiger partial charge in [-0.25, -0.2) is 0 Å². The molecule has 3 aromatic rings. The Morgan fingerprint density at radius 1 is 0.862 bits per heavy atom. The largest absolute Gasteiger partial charge is 0.493 e. The summed E-state index contributed by atoms with van der Waals surface area (Å²) in [7, 11) is 1.65. The van der Waals surface area contributed by atoms with Gasteiger partial charge < -0.3 is 19.9 Å². The van der Waals surface area contributed by atoms with Crippen LogP contribution in [0.15, 0.2) is 78.9 Å². The van der Waals surface area contributed by atoms with Gasteiger partial charge in [0.15, 0.2) is 11.5 Å². The summed E-state index contributed by atoms with van der Waals surface area (Å²) in [6, 6.07) is 25.8. The highest BCUT2D eigenvalue weighted by atomic mass is 16.5. The Morgan fingerprint density at radius 2 is 1.55 bits per heavy atom. The lowest BCUT2D eigenvalue weighted by atomic mass is 10.0. The van der Waals surface area contributed by atoms with E-state index in [1.165, 1.54) is 5.56 Å². The van der Waals surface area contributed by atoms with Crippen molar-refractivity contribution in [2.75, 3.05) is 13.7 Å². The van der Waals surface area contributed by atoms with Crippen molar-refractivity contribution >= 4 is 0 Å². The molecule has 152 valence electrons. The number of aliphatic hydroxyl groups is 1. The summed E-state index contributed by atoms with van der Waals surface area (Å²) < 4.78 is 11.4. The maximum absolute atomic E-state index is 10.5. The highest BCUT2D eigenvalue weighted by molar-refractivity contribution is 5.43. The molecule has 2 atom stereocenters. The molecule has 0 aliphatic heterocycles. The van der Waals surface area contributed by atoms with Crippen molar-refractivity contribution in [1.82, 2.24) is 5.32 Å². The van der Waals surface area contributed by atoms with Crippen LogP contribution in [0.4, 0.5) is 0 Å². The van der Waals surface area contributed by atoms with E-state index in [1.807, 2.05) is 73.7 Å². The SMILES string of the molecule is COc1cc(CNC(C)C(O)c2ccccc2)ccc1OCCc1ccccc1. The Bertz CT molecular complexity index is 868. The van der Waals surface area contributed by atoms with Gasteiger partial charge in [-0.3, -0.25) is 0 Å². The van der Waals surface area contributed by atoms with E-state index in [4.69, 9.17) is 9.47 Å². The molecule has 2 unspecified atom stereocenters. The molecular formula is C25H29NO3. The third-order valence-corrected chi connectivity index (χ3v) is 4.96. The molecule has 0 saturated carbocycles. The number of ether oxygens (including phenoxy) is 2. The molecule has 0 amide bonds. The number of methoxy groups -OCH3 is 1. The van der Waals surface area contributed by atoms with Crippen molar-refractivity contribution in [2.24, 2.45) is 0 Å². The molecule has 0 saturated heterocycles. The molecule has 0 aliphatic carbocycles. The number of aliphatic hydroxyl groups excluding tert-OH is 1. The molecule has 0 spiro atoms. The van der Waals surface area contributed by atoms with E-state index in [1.54, 1.807) is 7.11 Å². The van der Waals surface area contributed by atoms with E-state index < -0.39 is 6.10 Å². The minimum Gasteiger partial charge on any atom is -0.493 e. The van der Waals surface area contributed by atoms with E-state index in [0.717, 1.165) is 23.3 Å². The van der Waals surface area contributed by atoms with Crippen LogP contribution in [-0.4, -0.2) is 24.9 Å². The predicted octanol–water partition coefficient (Wildman–Crippen LogP) is 4.53. The van der Waals surface area contributed by atoms with Crippen molar-refractivity contribution in [3.63, 3.8) is 0 Å². The summed E-state index contributed by atoms with van der Waals surface area (Å²) in [5.41, 5.74) is 3.23. The molecule has 0 aromatic heterocycles. The molecule has 0 heterocycles. The van der Waals surface area contributed by atoms with E-state index in [-0.39, 0.29) is 6.04 Å². The lowest BCUT2D eigenvalue weighted by Gasteiger charge is -2.21. The number of rotatable bonds is 10. The lowest BCUT2D eigenvalue weighted by molar-refractivity contribution is 0.135. The van der Waals surface area contributed by atoms with Gasteiger partial charge in [0.05, 0.1) is 19.8 Å². The molecule has 0 aliphatic rings. The zero-order valence-electron chi connectivity index (χ0n) is 17.0. The van der Waals surface area contributed by atoms with Crippen LogP contribution in [0.1, 0.15) is 29.7 Å². The minimum absolute atomic E-state index is 0.0785. The Morgan fingerprint density at radius 3 is 2.24 bits per heavy atom. The monoisotopic (exact) mass is 391 g/mol. The normalized spacial score (nSPS) is 12.9. The van der Waals surface area contributed by atoms with Crippen molar-refractivity contribution in [2.45, 2.75) is 32.0 Å². The molecular weight excluding hydrogens is 362 g/mol. The van der Waals surface area contributed by atoms with E-state index in [0.29, 0.717) is 18.9 Å². The number of hydrogen-bond donors (Lipinski definition) is 2. The average molecular weight is 392 g/mol. The van der Waals surface area contributed by atoms with Gasteiger partial charge in [-0.15, -0.1) is 0 Å². The van der Waals surface area contributed by atoms with Crippen molar-refractivity contribution in [1.29, 1.82) is 0 Å². The molecule has 3 aromatic carbocycles. The van der Waals surface area contributed by atoms with Gasteiger partial charge in [-0.05, 0) is 35.7 Å². The molecule has 0 bridgehead atoms. The van der Waals surface area contributed by atoms with Crippen molar-refractivity contribution in [3.8, 4) is 11.5 Å². The third kappa shape index (κ3) is 6.08. The van der Waals surface area contributed by atoms with Crippen LogP contribution in [0, 0.1) is 0 Å². The Hall–Kier alpha value is -2.82. The zero-order chi connectivity index (χ0) is 20.5. The molecule has 0 fully saturated rings. The van der Waals surface area contributed by atoms with Gasteiger partial charge in [0.2, 0.25) is 0 Å². The first-order valence-electron chi connectivity index (χ1n) is 9.97. The first-order valence-corrected chi connectivity index (χ1v) is 9.97. The highest BCUT2D eigenvalue weighted by Crippen LogP contribution is 2.28. The third-order valence-electron chi connectivity index (χ3n) is 4.96. The standard InChI is InChI=1S/C25H29NO3/c1-19(25(27)22-11-7-4-8-12-22)26-18-21-13-14-23(24(17-21)28-2)29-16-15-20-9-5-3-6-10-20/h3-14,17,19,25-27H,15-16,18H2,1-2H3. The summed E-state index contributed by atoms with van der Waals surface area (Å²) in [6.45, 7) is 3.21. The summed E-state index contributed by atoms with van der Waals surface area (Å²) >= 11 is 0. The van der Waals surface area contributed by atoms with Crippen LogP contribution in [0.2, 0.25) is 0 Å². The van der Waals surface area contributed by atoms with Gasteiger partial charge in [0, 0.05) is 19.0 Å². The second kappa shape index (κ2) is 10.6. The average Bonchev–Trinajstić information content (AvgIpc) is 2.78. The van der Waals surface area contributed by atoms with Crippen LogP contribution in [-0.2, 0) is 13.0 Å². The van der Waals surface area contributed by atoms with Crippen LogP contribution < -0.4 is 14.8 Å². The first kappa shape index (κ1) is 20.9. The maximum atomic E-state index is 10.5. The fourth-order valence-electron chi connectivity index (χ4n) is 3.19. The van der Waals surface area contributed by atoms with Gasteiger partial charge >= 0.3 is 0 Å². The fraction of sp³-hybridized carbons (Fsp3) is 0.280. The zero-order valence-corrected chi connectivity index (χ0v) is 17.0. The van der Waals surface area contributed by atoms with Gasteiger partial charge in [-0.1, -0.05) is 66.7 Å². The topological polar surface area (TPSA) is 50.7 Å². The first-order chi connectivity index (χ1) is 14.2. The minimum atomic E-state index is -0.557. The maximum Gasteiger partial charge on any atom is 0.161 e. The van der Waals surface area contributed by atoms with Crippen LogP contribution in [0.3, 0.4) is 0 Å². The Balaban J connectivity index is 1.54. The van der Waals surface area contributed by atoms with E-state index >= 15 is 0 Å². The highest BCUT2D eigenvalue weighted by Gasteiger charge is 2.16. The quantitative estimate of drug-likeness (QED) is 0.533. The molecule has 4 heteroatoms. The van der Waals surface area contributed by atoms with E-state index in [9.17, 15) is 5.11 Å². The van der Waals surface area contributed by atoms with Crippen LogP contribution in [0.5, 0.6) is 11.5 Å². The summed E-state index contributed by atoms with van der Waals surface area (Å²) in [4.78, 5) is 0. The smallest absolute Gasteiger partial charge is 0.161 e. The van der Waals surface area contributed by atoms with Crippen LogP contribution >= 0.6 is 0 Å². The molecule has 3 rings (SSSR count). The van der Waals surface area contributed by atoms with Crippen molar-refractivity contribution in [3.05, 3.63) is 95.6 Å². The van der Waals surface area contributed by atoms with Crippen molar-refractivity contribution < 1.29 is 14.6 Å². The Kier molecular flexibility index (Phi) is 7.68. The summed E-state index contributed by atoms with van der Waals surface area (Å²) in [5.74, 6) is 1.46. The second-order valence-corrected chi connectivity index (χ2v) is 7.09. The summed E-state index contributed by atoms with van der Waals surface area (Å²) in [5, 5.41) is 13.9. The summed E-state index contributed by atoms with van der Waals surface area (Å²) in [6.07, 6.45) is 0.293. The number of benzene rings is 3. The van der Waals surface area contributed by atoms with Gasteiger partial charge in [-0.2, -0.15) is 0 Å². The fourth-order valence-corrected chi connectivity index (χ4v) is 3.19. The number of hydrogen-bond acceptors (Lipinski definition) is 4. The molecule has 0 radical (unpaired) electrons. The predicted molar refractivity (Wildman–Crippen MR) is 116 cm³/mol.